The van der Waals surface area contributed by atoms with E-state index in [0.717, 1.165) is 11.1 Å². The van der Waals surface area contributed by atoms with Gasteiger partial charge in [-0.1, -0.05) is 68.4 Å². The lowest BCUT2D eigenvalue weighted by molar-refractivity contribution is 0.0630. The lowest BCUT2D eigenvalue weighted by Gasteiger charge is -2.34. The maximum atomic E-state index is 13.5. The first-order chi connectivity index (χ1) is 19.6. The van der Waals surface area contributed by atoms with Crippen LogP contribution in [0.25, 0.3) is 0 Å². The molecule has 4 rings (SSSR count). The molecule has 0 aliphatic carbocycles. The number of hydrogen-bond donors (Lipinski definition) is 0. The van der Waals surface area contributed by atoms with E-state index in [2.05, 4.69) is 13.8 Å². The van der Waals surface area contributed by atoms with Crippen molar-refractivity contribution in [3.8, 4) is 11.5 Å². The normalized spacial score (nSPS) is 19.0. The Hall–Kier alpha value is -3.56. The van der Waals surface area contributed by atoms with Gasteiger partial charge in [-0.05, 0) is 60.2 Å². The minimum absolute atomic E-state index is 0.116. The highest BCUT2D eigenvalue weighted by Crippen LogP contribution is 2.33. The van der Waals surface area contributed by atoms with Gasteiger partial charge in [0.25, 0.3) is 0 Å². The summed E-state index contributed by atoms with van der Waals surface area (Å²) in [6.07, 6.45) is 1.16. The Morgan fingerprint density at radius 1 is 0.951 bits per heavy atom. The highest BCUT2D eigenvalue weighted by molar-refractivity contribution is 7.88. The number of sulfonamides is 1. The first-order valence-electron chi connectivity index (χ1n) is 13.9. The van der Waals surface area contributed by atoms with Crippen LogP contribution in [0.4, 0.5) is 4.79 Å². The van der Waals surface area contributed by atoms with Gasteiger partial charge in [-0.25, -0.2) is 13.2 Å². The maximum absolute atomic E-state index is 13.5. The summed E-state index contributed by atoms with van der Waals surface area (Å²) >= 11 is 0. The van der Waals surface area contributed by atoms with Crippen LogP contribution in [0, 0.1) is 0 Å². The highest BCUT2D eigenvalue weighted by atomic mass is 32.2. The molecule has 9 heteroatoms. The lowest BCUT2D eigenvalue weighted by atomic mass is 10.0. The van der Waals surface area contributed by atoms with Crippen LogP contribution in [0.5, 0.6) is 11.5 Å². The van der Waals surface area contributed by atoms with Crippen LogP contribution in [0.3, 0.4) is 0 Å². The molecule has 0 unspecified atom stereocenters. The van der Waals surface area contributed by atoms with E-state index in [9.17, 15) is 13.2 Å². The number of benzene rings is 3. The average Bonchev–Trinajstić information content (AvgIpc) is 3.29. The van der Waals surface area contributed by atoms with Crippen molar-refractivity contribution in [2.24, 2.45) is 0 Å². The standard InChI is InChI=1S/C32H40N2O6S/c1-23(2)27-13-17-29(18-14-27)39-22-31-30(33(41(5,36)37)20-25-11-15-28(38-4)16-12-25)19-24(3)34(31)32(35)40-21-26-9-7-6-8-10-26/h6-18,23-24,30-31H,19-22H2,1-5H3/t24-,30+,31+/m1/s1. The number of hydrogen-bond acceptors (Lipinski definition) is 6. The zero-order valence-corrected chi connectivity index (χ0v) is 25.2. The predicted octanol–water partition coefficient (Wildman–Crippen LogP) is 5.83. The minimum atomic E-state index is -3.65. The Bertz CT molecular complexity index is 1380. The zero-order chi connectivity index (χ0) is 29.6. The van der Waals surface area contributed by atoms with Crippen LogP contribution in [-0.2, 0) is 27.9 Å². The number of likely N-dealkylation sites (tertiary alicyclic amines) is 1. The number of carbonyl (C=O) groups is 1. The number of amides is 1. The summed E-state index contributed by atoms with van der Waals surface area (Å²) < 4.78 is 45.0. The molecule has 1 aliphatic rings. The molecule has 3 aromatic rings. The third-order valence-corrected chi connectivity index (χ3v) is 8.79. The largest absolute Gasteiger partial charge is 0.497 e. The molecule has 0 N–H and O–H groups in total. The molecule has 0 bridgehead atoms. The van der Waals surface area contributed by atoms with Gasteiger partial charge < -0.3 is 14.2 Å². The summed E-state index contributed by atoms with van der Waals surface area (Å²) in [4.78, 5) is 15.1. The Balaban J connectivity index is 1.60. The number of ether oxygens (including phenoxy) is 3. The molecule has 3 aromatic carbocycles. The molecule has 1 heterocycles. The summed E-state index contributed by atoms with van der Waals surface area (Å²) in [6.45, 7) is 6.57. The molecule has 3 atom stereocenters. The number of carbonyl (C=O) groups excluding carboxylic acids is 1. The summed E-state index contributed by atoms with van der Waals surface area (Å²) in [5.74, 6) is 1.74. The summed E-state index contributed by atoms with van der Waals surface area (Å²) in [6, 6.07) is 23.3. The highest BCUT2D eigenvalue weighted by Gasteiger charge is 2.48. The smallest absolute Gasteiger partial charge is 0.410 e. The zero-order valence-electron chi connectivity index (χ0n) is 24.4. The van der Waals surface area contributed by atoms with Crippen LogP contribution in [0.2, 0.25) is 0 Å². The Kier molecular flexibility index (Phi) is 9.94. The molecule has 0 aromatic heterocycles. The van der Waals surface area contributed by atoms with E-state index < -0.39 is 28.2 Å². The van der Waals surface area contributed by atoms with Crippen LogP contribution in [0.1, 0.15) is 49.8 Å². The second kappa shape index (κ2) is 13.4. The van der Waals surface area contributed by atoms with E-state index in [1.807, 2.05) is 85.8 Å². The molecule has 0 spiro atoms. The number of rotatable bonds is 11. The molecule has 8 nitrogen and oxygen atoms in total. The quantitative estimate of drug-likeness (QED) is 0.284. The Morgan fingerprint density at radius 3 is 2.17 bits per heavy atom. The van der Waals surface area contributed by atoms with Gasteiger partial charge in [0.2, 0.25) is 10.0 Å². The fraction of sp³-hybridized carbons (Fsp3) is 0.406. The Labute approximate surface area is 243 Å². The van der Waals surface area contributed by atoms with Crippen molar-refractivity contribution in [2.75, 3.05) is 20.0 Å². The van der Waals surface area contributed by atoms with Gasteiger partial charge in [0.05, 0.1) is 25.4 Å². The first kappa shape index (κ1) is 30.4. The van der Waals surface area contributed by atoms with Gasteiger partial charge >= 0.3 is 6.09 Å². The molecule has 220 valence electrons. The minimum Gasteiger partial charge on any atom is -0.497 e. The van der Waals surface area contributed by atoms with Gasteiger partial charge in [-0.15, -0.1) is 0 Å². The lowest BCUT2D eigenvalue weighted by Crippen LogP contribution is -2.51. The monoisotopic (exact) mass is 580 g/mol. The van der Waals surface area contributed by atoms with Crippen molar-refractivity contribution in [1.29, 1.82) is 0 Å². The topological polar surface area (TPSA) is 85.4 Å². The number of nitrogens with zero attached hydrogens (tertiary/aromatic N) is 2. The van der Waals surface area contributed by atoms with Crippen molar-refractivity contribution in [3.63, 3.8) is 0 Å². The van der Waals surface area contributed by atoms with Crippen molar-refractivity contribution in [2.45, 2.75) is 64.4 Å². The van der Waals surface area contributed by atoms with E-state index in [-0.39, 0.29) is 25.8 Å². The molecule has 41 heavy (non-hydrogen) atoms. The molecule has 1 amide bonds. The molecule has 0 saturated carbocycles. The molecule has 1 fully saturated rings. The van der Waals surface area contributed by atoms with E-state index in [4.69, 9.17) is 14.2 Å². The first-order valence-corrected chi connectivity index (χ1v) is 15.7. The van der Waals surface area contributed by atoms with Gasteiger partial charge in [0.15, 0.2) is 0 Å². The summed E-state index contributed by atoms with van der Waals surface area (Å²) in [7, 11) is -2.07. The van der Waals surface area contributed by atoms with Gasteiger partial charge in [0, 0.05) is 12.6 Å². The predicted molar refractivity (Wildman–Crippen MR) is 160 cm³/mol. The van der Waals surface area contributed by atoms with Crippen molar-refractivity contribution < 1.29 is 27.4 Å². The van der Waals surface area contributed by atoms with E-state index in [1.54, 1.807) is 12.0 Å². The number of methoxy groups -OCH3 is 1. The summed E-state index contributed by atoms with van der Waals surface area (Å²) in [5, 5.41) is 0. The third-order valence-electron chi connectivity index (χ3n) is 7.54. The average molecular weight is 581 g/mol. The molecule has 1 saturated heterocycles. The SMILES string of the molecule is COc1ccc(CN([C@H]2C[C@@H](C)N(C(=O)OCc3ccccc3)[C@H]2COc2ccc(C(C)C)cc2)S(C)(=O)=O)cc1. The van der Waals surface area contributed by atoms with Crippen LogP contribution in [-0.4, -0.2) is 61.8 Å². The maximum Gasteiger partial charge on any atom is 0.410 e. The fourth-order valence-corrected chi connectivity index (χ4v) is 6.37. The fourth-order valence-electron chi connectivity index (χ4n) is 5.26. The molecule has 0 radical (unpaired) electrons. The van der Waals surface area contributed by atoms with Crippen molar-refractivity contribution in [1.82, 2.24) is 9.21 Å². The second-order valence-electron chi connectivity index (χ2n) is 10.9. The van der Waals surface area contributed by atoms with Gasteiger partial charge in [-0.2, -0.15) is 4.31 Å². The van der Waals surface area contributed by atoms with Crippen molar-refractivity contribution in [3.05, 3.63) is 95.6 Å². The molecular formula is C32H40N2O6S. The van der Waals surface area contributed by atoms with Crippen LogP contribution in [0.15, 0.2) is 78.9 Å². The molecule has 1 aliphatic heterocycles. The van der Waals surface area contributed by atoms with E-state index >= 15 is 0 Å². The van der Waals surface area contributed by atoms with Crippen LogP contribution < -0.4 is 9.47 Å². The summed E-state index contributed by atoms with van der Waals surface area (Å²) in [5.41, 5.74) is 2.89. The Morgan fingerprint density at radius 2 is 1.59 bits per heavy atom. The third kappa shape index (κ3) is 7.80. The second-order valence-corrected chi connectivity index (χ2v) is 12.8. The molecular weight excluding hydrogens is 540 g/mol. The van der Waals surface area contributed by atoms with Crippen molar-refractivity contribution >= 4 is 16.1 Å². The van der Waals surface area contributed by atoms with E-state index in [0.29, 0.717) is 23.8 Å². The van der Waals surface area contributed by atoms with Gasteiger partial charge in [0.1, 0.15) is 24.7 Å². The van der Waals surface area contributed by atoms with E-state index in [1.165, 1.54) is 16.1 Å². The van der Waals surface area contributed by atoms with Gasteiger partial charge in [-0.3, -0.25) is 4.90 Å². The van der Waals surface area contributed by atoms with Crippen LogP contribution >= 0.6 is 0 Å².